The number of para-hydroxylation sites is 1. The van der Waals surface area contributed by atoms with E-state index in [0.717, 1.165) is 18.5 Å². The summed E-state index contributed by atoms with van der Waals surface area (Å²) < 4.78 is 5.64. The summed E-state index contributed by atoms with van der Waals surface area (Å²) in [6.07, 6.45) is 1.40. The van der Waals surface area contributed by atoms with Crippen LogP contribution < -0.4 is 15.4 Å². The van der Waals surface area contributed by atoms with E-state index in [0.29, 0.717) is 30.3 Å². The molecular formula is C14H21ClN2O2. The molecule has 5 heteroatoms. The van der Waals surface area contributed by atoms with Crippen LogP contribution in [0.2, 0.25) is 5.02 Å². The van der Waals surface area contributed by atoms with Crippen LogP contribution in [0, 0.1) is 0 Å². The Morgan fingerprint density at radius 1 is 1.42 bits per heavy atom. The molecule has 0 aliphatic carbocycles. The molecule has 1 amide bonds. The first-order valence-corrected chi connectivity index (χ1v) is 6.88. The van der Waals surface area contributed by atoms with Gasteiger partial charge in [0.25, 0.3) is 0 Å². The van der Waals surface area contributed by atoms with Crippen LogP contribution >= 0.6 is 11.6 Å². The van der Waals surface area contributed by atoms with E-state index in [9.17, 15) is 4.79 Å². The van der Waals surface area contributed by atoms with E-state index in [1.165, 1.54) is 0 Å². The fraction of sp³-hybridized carbons (Fsp3) is 0.500. The molecule has 0 spiro atoms. The molecule has 4 nitrogen and oxygen atoms in total. The van der Waals surface area contributed by atoms with Gasteiger partial charge >= 0.3 is 0 Å². The Bertz CT molecular complexity index is 410. The van der Waals surface area contributed by atoms with Crippen molar-refractivity contribution in [2.24, 2.45) is 0 Å². The predicted molar refractivity (Wildman–Crippen MR) is 77.6 cm³/mol. The van der Waals surface area contributed by atoms with Gasteiger partial charge in [-0.1, -0.05) is 30.7 Å². The number of ether oxygens (including phenoxy) is 1. The van der Waals surface area contributed by atoms with Gasteiger partial charge in [-0.2, -0.15) is 0 Å². The van der Waals surface area contributed by atoms with Crippen molar-refractivity contribution in [1.29, 1.82) is 0 Å². The van der Waals surface area contributed by atoms with Crippen molar-refractivity contribution < 1.29 is 9.53 Å². The lowest BCUT2D eigenvalue weighted by Crippen LogP contribution is -2.20. The van der Waals surface area contributed by atoms with Gasteiger partial charge in [0.15, 0.2) is 0 Å². The summed E-state index contributed by atoms with van der Waals surface area (Å²) in [5, 5.41) is 6.45. The fourth-order valence-electron chi connectivity index (χ4n) is 1.62. The molecule has 1 aromatic rings. The average Bonchev–Trinajstić information content (AvgIpc) is 2.41. The summed E-state index contributed by atoms with van der Waals surface area (Å²) >= 11 is 6.14. The maximum atomic E-state index is 11.1. The number of benzene rings is 1. The molecule has 0 aromatic heterocycles. The molecule has 0 unspecified atom stereocenters. The highest BCUT2D eigenvalue weighted by Gasteiger charge is 2.09. The second kappa shape index (κ2) is 8.77. The van der Waals surface area contributed by atoms with E-state index in [1.807, 2.05) is 12.1 Å². The van der Waals surface area contributed by atoms with E-state index in [4.69, 9.17) is 16.3 Å². The van der Waals surface area contributed by atoms with Crippen LogP contribution in [-0.4, -0.2) is 26.1 Å². The number of rotatable bonds is 8. The van der Waals surface area contributed by atoms with Crippen LogP contribution in [0.15, 0.2) is 18.2 Å². The maximum Gasteiger partial charge on any atom is 0.223 e. The molecule has 0 atom stereocenters. The molecule has 1 aromatic carbocycles. The van der Waals surface area contributed by atoms with Gasteiger partial charge in [0.05, 0.1) is 18.1 Å². The van der Waals surface area contributed by atoms with E-state index in [2.05, 4.69) is 17.6 Å². The van der Waals surface area contributed by atoms with Gasteiger partial charge in [0.1, 0.15) is 5.75 Å². The minimum Gasteiger partial charge on any atom is -0.491 e. The summed E-state index contributed by atoms with van der Waals surface area (Å²) in [6, 6.07) is 5.67. The topological polar surface area (TPSA) is 50.4 Å². The number of hydrogen-bond acceptors (Lipinski definition) is 3. The third-order valence-electron chi connectivity index (χ3n) is 2.65. The van der Waals surface area contributed by atoms with Crippen LogP contribution in [0.1, 0.15) is 25.3 Å². The highest BCUT2D eigenvalue weighted by molar-refractivity contribution is 6.32. The van der Waals surface area contributed by atoms with E-state index < -0.39 is 0 Å². The lowest BCUT2D eigenvalue weighted by atomic mass is 10.2. The first kappa shape index (κ1) is 15.8. The number of hydrogen-bond donors (Lipinski definition) is 2. The molecule has 0 saturated heterocycles. The molecule has 0 saturated carbocycles. The van der Waals surface area contributed by atoms with Crippen molar-refractivity contribution >= 4 is 17.5 Å². The second-order valence-corrected chi connectivity index (χ2v) is 4.58. The molecule has 2 N–H and O–H groups in total. The Hall–Kier alpha value is -1.26. The van der Waals surface area contributed by atoms with Crippen LogP contribution in [0.25, 0.3) is 0 Å². The lowest BCUT2D eigenvalue weighted by Gasteiger charge is -2.13. The van der Waals surface area contributed by atoms with Gasteiger partial charge in [-0.05, 0) is 19.0 Å². The zero-order valence-corrected chi connectivity index (χ0v) is 12.2. The molecule has 19 heavy (non-hydrogen) atoms. The Labute approximate surface area is 119 Å². The van der Waals surface area contributed by atoms with E-state index in [-0.39, 0.29) is 5.91 Å². The number of amides is 1. The minimum atomic E-state index is -0.0438. The standard InChI is InChI=1S/C14H21ClN2O2/c1-3-8-17-10-11-5-4-6-12(15)14(11)19-9-7-13(18)16-2/h4-6,17H,3,7-10H2,1-2H3,(H,16,18). The number of halogens is 1. The molecule has 1 rings (SSSR count). The van der Waals surface area contributed by atoms with Crippen LogP contribution in [0.5, 0.6) is 5.75 Å². The van der Waals surface area contributed by atoms with Crippen molar-refractivity contribution in [3.05, 3.63) is 28.8 Å². The highest BCUT2D eigenvalue weighted by Crippen LogP contribution is 2.28. The number of nitrogens with one attached hydrogen (secondary N) is 2. The van der Waals surface area contributed by atoms with Gasteiger partial charge in [-0.25, -0.2) is 0 Å². The van der Waals surface area contributed by atoms with Crippen molar-refractivity contribution in [2.75, 3.05) is 20.2 Å². The van der Waals surface area contributed by atoms with E-state index >= 15 is 0 Å². The fourth-order valence-corrected chi connectivity index (χ4v) is 1.87. The third-order valence-corrected chi connectivity index (χ3v) is 2.94. The molecule has 0 aliphatic heterocycles. The summed E-state index contributed by atoms with van der Waals surface area (Å²) in [6.45, 7) is 4.10. The Kier molecular flexibility index (Phi) is 7.30. The smallest absolute Gasteiger partial charge is 0.223 e. The molecule has 106 valence electrons. The van der Waals surface area contributed by atoms with Crippen LogP contribution in [0.3, 0.4) is 0 Å². The van der Waals surface area contributed by atoms with Gasteiger partial charge in [0, 0.05) is 19.2 Å². The summed E-state index contributed by atoms with van der Waals surface area (Å²) in [5.74, 6) is 0.620. The molecule has 0 fully saturated rings. The van der Waals surface area contributed by atoms with Gasteiger partial charge in [-0.15, -0.1) is 0 Å². The second-order valence-electron chi connectivity index (χ2n) is 4.18. The summed E-state index contributed by atoms with van der Waals surface area (Å²) in [5.41, 5.74) is 1.01. The van der Waals surface area contributed by atoms with Crippen molar-refractivity contribution in [3.8, 4) is 5.75 Å². The number of carbonyl (C=O) groups is 1. The Morgan fingerprint density at radius 2 is 2.21 bits per heavy atom. The first-order valence-electron chi connectivity index (χ1n) is 6.50. The number of carbonyl (C=O) groups excluding carboxylic acids is 1. The highest BCUT2D eigenvalue weighted by atomic mass is 35.5. The quantitative estimate of drug-likeness (QED) is 0.721. The minimum absolute atomic E-state index is 0.0438. The zero-order valence-electron chi connectivity index (χ0n) is 11.5. The average molecular weight is 285 g/mol. The SMILES string of the molecule is CCCNCc1cccc(Cl)c1OCCC(=O)NC. The lowest BCUT2D eigenvalue weighted by molar-refractivity contribution is -0.121. The normalized spacial score (nSPS) is 10.3. The summed E-state index contributed by atoms with van der Waals surface area (Å²) in [7, 11) is 1.61. The largest absolute Gasteiger partial charge is 0.491 e. The Balaban J connectivity index is 2.61. The first-order chi connectivity index (χ1) is 9.19. The maximum absolute atomic E-state index is 11.1. The van der Waals surface area contributed by atoms with Gasteiger partial charge in [-0.3, -0.25) is 4.79 Å². The molecule has 0 aliphatic rings. The third kappa shape index (κ3) is 5.49. The molecule has 0 bridgehead atoms. The van der Waals surface area contributed by atoms with Crippen LogP contribution in [0.4, 0.5) is 0 Å². The van der Waals surface area contributed by atoms with Crippen molar-refractivity contribution in [2.45, 2.75) is 26.3 Å². The van der Waals surface area contributed by atoms with Crippen molar-refractivity contribution in [1.82, 2.24) is 10.6 Å². The van der Waals surface area contributed by atoms with Crippen LogP contribution in [-0.2, 0) is 11.3 Å². The molecular weight excluding hydrogens is 264 g/mol. The van der Waals surface area contributed by atoms with Gasteiger partial charge in [0.2, 0.25) is 5.91 Å². The van der Waals surface area contributed by atoms with Crippen molar-refractivity contribution in [3.63, 3.8) is 0 Å². The monoisotopic (exact) mass is 284 g/mol. The zero-order chi connectivity index (χ0) is 14.1. The molecule has 0 radical (unpaired) electrons. The van der Waals surface area contributed by atoms with Gasteiger partial charge < -0.3 is 15.4 Å². The summed E-state index contributed by atoms with van der Waals surface area (Å²) in [4.78, 5) is 11.1. The Morgan fingerprint density at radius 3 is 2.89 bits per heavy atom. The van der Waals surface area contributed by atoms with E-state index in [1.54, 1.807) is 13.1 Å². The predicted octanol–water partition coefficient (Wildman–Crippen LogP) is 2.35. The molecule has 0 heterocycles.